The summed E-state index contributed by atoms with van der Waals surface area (Å²) in [5.41, 5.74) is 1.36. The summed E-state index contributed by atoms with van der Waals surface area (Å²) in [6.07, 6.45) is 0. The van der Waals surface area contributed by atoms with Crippen molar-refractivity contribution in [3.8, 4) is 5.75 Å². The van der Waals surface area contributed by atoms with Gasteiger partial charge >= 0.3 is 0 Å². The van der Waals surface area contributed by atoms with E-state index in [1.54, 1.807) is 4.90 Å². The van der Waals surface area contributed by atoms with E-state index in [9.17, 15) is 14.9 Å². The molecule has 1 amide bonds. The van der Waals surface area contributed by atoms with E-state index >= 15 is 0 Å². The van der Waals surface area contributed by atoms with Crippen LogP contribution in [0.1, 0.15) is 15.9 Å². The summed E-state index contributed by atoms with van der Waals surface area (Å²) in [5.74, 6) is 0.122. The Morgan fingerprint density at radius 1 is 1.12 bits per heavy atom. The van der Waals surface area contributed by atoms with E-state index in [0.717, 1.165) is 19.6 Å². The first-order valence-corrected chi connectivity index (χ1v) is 8.46. The maximum absolute atomic E-state index is 12.8. The number of amides is 1. The lowest BCUT2D eigenvalue weighted by atomic mass is 10.1. The second kappa shape index (κ2) is 7.97. The van der Waals surface area contributed by atoms with Gasteiger partial charge in [-0.3, -0.25) is 19.8 Å². The molecule has 0 N–H and O–H groups in total. The van der Waals surface area contributed by atoms with E-state index < -0.39 is 4.92 Å². The van der Waals surface area contributed by atoms with E-state index in [1.165, 1.54) is 30.9 Å². The number of hydrogen-bond donors (Lipinski definition) is 0. The van der Waals surface area contributed by atoms with Crippen LogP contribution in [0.3, 0.4) is 0 Å². The number of non-ortho nitro benzene ring substituents is 1. The van der Waals surface area contributed by atoms with Crippen LogP contribution in [-0.4, -0.2) is 53.9 Å². The van der Waals surface area contributed by atoms with Gasteiger partial charge in [-0.2, -0.15) is 0 Å². The van der Waals surface area contributed by atoms with Crippen molar-refractivity contribution in [2.45, 2.75) is 6.54 Å². The van der Waals surface area contributed by atoms with Crippen LogP contribution in [0, 0.1) is 10.1 Å². The van der Waals surface area contributed by atoms with E-state index in [4.69, 9.17) is 4.74 Å². The predicted octanol–water partition coefficient (Wildman–Crippen LogP) is 2.56. The van der Waals surface area contributed by atoms with Crippen molar-refractivity contribution in [1.82, 2.24) is 9.80 Å². The van der Waals surface area contributed by atoms with Crippen LogP contribution >= 0.6 is 0 Å². The lowest BCUT2D eigenvalue weighted by Crippen LogP contribution is -2.48. The molecule has 3 rings (SSSR count). The average Bonchev–Trinajstić information content (AvgIpc) is 2.68. The molecule has 0 aliphatic carbocycles. The monoisotopic (exact) mass is 355 g/mol. The van der Waals surface area contributed by atoms with Crippen molar-refractivity contribution in [1.29, 1.82) is 0 Å². The summed E-state index contributed by atoms with van der Waals surface area (Å²) in [6.45, 7) is 3.54. The fraction of sp³-hybridized carbons (Fsp3) is 0.316. The molecule has 1 fully saturated rings. The van der Waals surface area contributed by atoms with Gasteiger partial charge in [-0.25, -0.2) is 0 Å². The summed E-state index contributed by atoms with van der Waals surface area (Å²) >= 11 is 0. The largest absolute Gasteiger partial charge is 0.496 e. The van der Waals surface area contributed by atoms with Gasteiger partial charge in [-0.1, -0.05) is 30.3 Å². The molecule has 1 aliphatic rings. The quantitative estimate of drug-likeness (QED) is 0.609. The number of hydrogen-bond acceptors (Lipinski definition) is 5. The maximum atomic E-state index is 12.8. The number of nitro groups is 1. The summed E-state index contributed by atoms with van der Waals surface area (Å²) in [7, 11) is 1.45. The van der Waals surface area contributed by atoms with Crippen LogP contribution in [0.25, 0.3) is 0 Å². The molecule has 2 aromatic rings. The van der Waals surface area contributed by atoms with Gasteiger partial charge in [-0.05, 0) is 11.6 Å². The maximum Gasteiger partial charge on any atom is 0.270 e. The predicted molar refractivity (Wildman–Crippen MR) is 97.3 cm³/mol. The molecule has 0 unspecified atom stereocenters. The summed E-state index contributed by atoms with van der Waals surface area (Å²) in [4.78, 5) is 27.3. The molecule has 0 bridgehead atoms. The fourth-order valence-corrected chi connectivity index (χ4v) is 3.10. The Balaban J connectivity index is 1.67. The SMILES string of the molecule is COc1ccc([N+](=O)[O-])cc1C(=O)N1CCN(Cc2ccccc2)CC1. The first-order valence-electron chi connectivity index (χ1n) is 8.46. The summed E-state index contributed by atoms with van der Waals surface area (Å²) < 4.78 is 5.21. The number of nitrogens with zero attached hydrogens (tertiary/aromatic N) is 3. The van der Waals surface area contributed by atoms with E-state index in [1.807, 2.05) is 18.2 Å². The van der Waals surface area contributed by atoms with Crippen LogP contribution in [0.4, 0.5) is 5.69 Å². The minimum absolute atomic E-state index is 0.114. The topological polar surface area (TPSA) is 75.9 Å². The molecular weight excluding hydrogens is 334 g/mol. The highest BCUT2D eigenvalue weighted by Gasteiger charge is 2.26. The molecule has 1 heterocycles. The zero-order chi connectivity index (χ0) is 18.5. The standard InChI is InChI=1S/C19H21N3O4/c1-26-18-8-7-16(22(24)25)13-17(18)19(23)21-11-9-20(10-12-21)14-15-5-3-2-4-6-15/h2-8,13H,9-12,14H2,1H3. The highest BCUT2D eigenvalue weighted by Crippen LogP contribution is 2.25. The van der Waals surface area contributed by atoms with Gasteiger partial charge in [0, 0.05) is 44.9 Å². The molecule has 0 spiro atoms. The lowest BCUT2D eigenvalue weighted by molar-refractivity contribution is -0.384. The molecule has 0 saturated carbocycles. The Kier molecular flexibility index (Phi) is 5.48. The number of benzene rings is 2. The normalized spacial score (nSPS) is 14.9. The molecule has 136 valence electrons. The van der Waals surface area contributed by atoms with Gasteiger partial charge in [0.05, 0.1) is 17.6 Å². The molecule has 0 atom stereocenters. The number of carbonyl (C=O) groups is 1. The first kappa shape index (κ1) is 17.9. The van der Waals surface area contributed by atoms with Crippen LogP contribution in [0.5, 0.6) is 5.75 Å². The highest BCUT2D eigenvalue weighted by molar-refractivity contribution is 5.97. The summed E-state index contributed by atoms with van der Waals surface area (Å²) in [5, 5.41) is 11.0. The van der Waals surface area contributed by atoms with Gasteiger partial charge in [0.25, 0.3) is 11.6 Å². The van der Waals surface area contributed by atoms with Crippen molar-refractivity contribution >= 4 is 11.6 Å². The molecule has 2 aromatic carbocycles. The number of methoxy groups -OCH3 is 1. The molecule has 7 heteroatoms. The third kappa shape index (κ3) is 4.00. The van der Waals surface area contributed by atoms with Crippen molar-refractivity contribution in [2.24, 2.45) is 0 Å². The van der Waals surface area contributed by atoms with Crippen LogP contribution in [-0.2, 0) is 6.54 Å². The minimum atomic E-state index is -0.506. The third-order valence-corrected chi connectivity index (χ3v) is 4.53. The second-order valence-corrected chi connectivity index (χ2v) is 6.20. The number of nitro benzene ring substituents is 1. The minimum Gasteiger partial charge on any atom is -0.496 e. The van der Waals surface area contributed by atoms with Crippen molar-refractivity contribution in [3.05, 3.63) is 69.8 Å². The molecule has 26 heavy (non-hydrogen) atoms. The van der Waals surface area contributed by atoms with Gasteiger partial charge < -0.3 is 9.64 Å². The Hall–Kier alpha value is -2.93. The zero-order valence-corrected chi connectivity index (χ0v) is 14.6. The average molecular weight is 355 g/mol. The third-order valence-electron chi connectivity index (χ3n) is 4.53. The summed E-state index contributed by atoms with van der Waals surface area (Å²) in [6, 6.07) is 14.3. The fourth-order valence-electron chi connectivity index (χ4n) is 3.10. The molecule has 0 aromatic heterocycles. The smallest absolute Gasteiger partial charge is 0.270 e. The van der Waals surface area contributed by atoms with Crippen molar-refractivity contribution in [2.75, 3.05) is 33.3 Å². The van der Waals surface area contributed by atoms with Crippen LogP contribution in [0.15, 0.2) is 48.5 Å². The molecular formula is C19H21N3O4. The van der Waals surface area contributed by atoms with E-state index in [2.05, 4.69) is 17.0 Å². The highest BCUT2D eigenvalue weighted by atomic mass is 16.6. The molecule has 0 radical (unpaired) electrons. The Morgan fingerprint density at radius 2 is 1.81 bits per heavy atom. The van der Waals surface area contributed by atoms with Crippen LogP contribution in [0.2, 0.25) is 0 Å². The van der Waals surface area contributed by atoms with Crippen molar-refractivity contribution < 1.29 is 14.5 Å². The first-order chi connectivity index (χ1) is 12.6. The van der Waals surface area contributed by atoms with E-state index in [-0.39, 0.29) is 17.2 Å². The Morgan fingerprint density at radius 3 is 2.42 bits per heavy atom. The lowest BCUT2D eigenvalue weighted by Gasteiger charge is -2.35. The van der Waals surface area contributed by atoms with E-state index in [0.29, 0.717) is 18.8 Å². The van der Waals surface area contributed by atoms with Crippen LogP contribution < -0.4 is 4.74 Å². The number of piperazine rings is 1. The second-order valence-electron chi connectivity index (χ2n) is 6.20. The number of ether oxygens (including phenoxy) is 1. The molecule has 1 aliphatic heterocycles. The van der Waals surface area contributed by atoms with Crippen molar-refractivity contribution in [3.63, 3.8) is 0 Å². The molecule has 1 saturated heterocycles. The van der Waals surface area contributed by atoms with Gasteiger partial charge in [0.1, 0.15) is 5.75 Å². The number of carbonyl (C=O) groups excluding carboxylic acids is 1. The Bertz CT molecular complexity index is 787. The number of rotatable bonds is 5. The van der Waals surface area contributed by atoms with Gasteiger partial charge in [0.2, 0.25) is 0 Å². The van der Waals surface area contributed by atoms with Gasteiger partial charge in [-0.15, -0.1) is 0 Å². The Labute approximate surface area is 151 Å². The zero-order valence-electron chi connectivity index (χ0n) is 14.6. The van der Waals surface area contributed by atoms with Gasteiger partial charge in [0.15, 0.2) is 0 Å². The molecule has 7 nitrogen and oxygen atoms in total.